The summed E-state index contributed by atoms with van der Waals surface area (Å²) in [6, 6.07) is 4.84. The first-order chi connectivity index (χ1) is 9.47. The summed E-state index contributed by atoms with van der Waals surface area (Å²) < 4.78 is 5.43. The summed E-state index contributed by atoms with van der Waals surface area (Å²) in [6.45, 7) is 3.37. The number of nitrogens with one attached hydrogen (secondary N) is 1. The van der Waals surface area contributed by atoms with E-state index in [1.54, 1.807) is 18.2 Å². The molecule has 1 aromatic carbocycles. The first-order valence-corrected chi connectivity index (χ1v) is 6.76. The molecule has 20 heavy (non-hydrogen) atoms. The number of rotatable bonds is 3. The minimum absolute atomic E-state index is 0.106. The molecule has 6 heteroatoms. The van der Waals surface area contributed by atoms with Crippen molar-refractivity contribution in [2.24, 2.45) is 0 Å². The fraction of sp³-hybridized carbons (Fsp3) is 0.429. The van der Waals surface area contributed by atoms with Crippen LogP contribution in [0.1, 0.15) is 17.3 Å². The van der Waals surface area contributed by atoms with Gasteiger partial charge in [-0.15, -0.1) is 0 Å². The fourth-order valence-electron chi connectivity index (χ4n) is 2.04. The molecule has 1 aliphatic heterocycles. The average molecular weight is 297 g/mol. The summed E-state index contributed by atoms with van der Waals surface area (Å²) >= 11 is 6.01. The highest BCUT2D eigenvalue weighted by atomic mass is 35.5. The Labute approximate surface area is 122 Å². The summed E-state index contributed by atoms with van der Waals surface area (Å²) in [7, 11) is 1.95. The van der Waals surface area contributed by atoms with E-state index in [4.69, 9.17) is 16.3 Å². The van der Waals surface area contributed by atoms with Crippen LogP contribution in [0, 0.1) is 0 Å². The van der Waals surface area contributed by atoms with Crippen molar-refractivity contribution in [1.29, 1.82) is 0 Å². The van der Waals surface area contributed by atoms with Gasteiger partial charge in [0.05, 0.1) is 11.6 Å². The minimum Gasteiger partial charge on any atom is -0.366 e. The molecule has 0 bridgehead atoms. The van der Waals surface area contributed by atoms with Gasteiger partial charge in [0.15, 0.2) is 5.78 Å². The van der Waals surface area contributed by atoms with Crippen molar-refractivity contribution < 1.29 is 14.3 Å². The van der Waals surface area contributed by atoms with Gasteiger partial charge in [0.2, 0.25) is 0 Å². The van der Waals surface area contributed by atoms with E-state index in [0.717, 1.165) is 6.54 Å². The molecule has 0 saturated carbocycles. The molecule has 5 nitrogen and oxygen atoms in total. The van der Waals surface area contributed by atoms with Crippen LogP contribution in [0.25, 0.3) is 0 Å². The quantitative estimate of drug-likeness (QED) is 0.864. The molecule has 1 atom stereocenters. The van der Waals surface area contributed by atoms with E-state index < -0.39 is 6.10 Å². The van der Waals surface area contributed by atoms with E-state index >= 15 is 0 Å². The average Bonchev–Trinajstić information content (AvgIpc) is 2.38. The van der Waals surface area contributed by atoms with Crippen molar-refractivity contribution in [2.75, 3.05) is 32.1 Å². The predicted molar refractivity (Wildman–Crippen MR) is 77.3 cm³/mol. The SMILES string of the molecule is CC(=O)c1ccc(NC(=O)C2CN(C)CCO2)cc1Cl. The lowest BCUT2D eigenvalue weighted by Crippen LogP contribution is -2.46. The molecule has 1 N–H and O–H groups in total. The van der Waals surface area contributed by atoms with E-state index in [2.05, 4.69) is 5.32 Å². The normalized spacial score (nSPS) is 19.6. The summed E-state index contributed by atoms with van der Waals surface area (Å²) in [5.41, 5.74) is 1.00. The number of carbonyl (C=O) groups is 2. The maximum Gasteiger partial charge on any atom is 0.254 e. The first kappa shape index (κ1) is 15.0. The van der Waals surface area contributed by atoms with Gasteiger partial charge in [-0.05, 0) is 32.2 Å². The predicted octanol–water partition coefficient (Wildman–Crippen LogP) is 1.81. The Morgan fingerprint density at radius 1 is 1.45 bits per heavy atom. The molecule has 0 radical (unpaired) electrons. The van der Waals surface area contributed by atoms with Gasteiger partial charge in [0.25, 0.3) is 5.91 Å². The molecule has 108 valence electrons. The number of amides is 1. The number of benzene rings is 1. The van der Waals surface area contributed by atoms with Gasteiger partial charge in [-0.3, -0.25) is 9.59 Å². The zero-order valence-electron chi connectivity index (χ0n) is 11.5. The van der Waals surface area contributed by atoms with Gasteiger partial charge in [0, 0.05) is 24.3 Å². The smallest absolute Gasteiger partial charge is 0.254 e. The minimum atomic E-state index is -0.486. The highest BCUT2D eigenvalue weighted by Crippen LogP contribution is 2.21. The van der Waals surface area contributed by atoms with Gasteiger partial charge in [-0.25, -0.2) is 0 Å². The Kier molecular flexibility index (Phi) is 4.75. The number of Topliss-reactive ketones (excluding diaryl/α,β-unsaturated/α-hetero) is 1. The van der Waals surface area contributed by atoms with Gasteiger partial charge in [-0.2, -0.15) is 0 Å². The van der Waals surface area contributed by atoms with E-state index in [0.29, 0.717) is 29.4 Å². The Morgan fingerprint density at radius 2 is 2.20 bits per heavy atom. The number of ketones is 1. The number of ether oxygens (including phenoxy) is 1. The number of halogens is 1. The third-order valence-electron chi connectivity index (χ3n) is 3.18. The van der Waals surface area contributed by atoms with Gasteiger partial charge < -0.3 is 15.0 Å². The van der Waals surface area contributed by atoms with Gasteiger partial charge >= 0.3 is 0 Å². The molecular formula is C14H17ClN2O3. The third kappa shape index (κ3) is 3.56. The number of morpholine rings is 1. The summed E-state index contributed by atoms with van der Waals surface area (Å²) in [6.07, 6.45) is -0.486. The molecule has 1 aromatic rings. The number of likely N-dealkylation sites (N-methyl/N-ethyl adjacent to an activating group) is 1. The molecule has 1 heterocycles. The maximum absolute atomic E-state index is 12.1. The number of nitrogens with zero attached hydrogens (tertiary/aromatic N) is 1. The lowest BCUT2D eigenvalue weighted by atomic mass is 10.1. The van der Waals surface area contributed by atoms with Crippen LogP contribution in [0.3, 0.4) is 0 Å². The lowest BCUT2D eigenvalue weighted by molar-refractivity contribution is -0.132. The highest BCUT2D eigenvalue weighted by Gasteiger charge is 2.24. The van der Waals surface area contributed by atoms with Crippen LogP contribution in [0.4, 0.5) is 5.69 Å². The van der Waals surface area contributed by atoms with Crippen LogP contribution < -0.4 is 5.32 Å². The molecule has 0 spiro atoms. The van der Waals surface area contributed by atoms with Crippen molar-refractivity contribution in [1.82, 2.24) is 4.90 Å². The Morgan fingerprint density at radius 3 is 2.80 bits per heavy atom. The fourth-order valence-corrected chi connectivity index (χ4v) is 2.35. The van der Waals surface area contributed by atoms with Crippen molar-refractivity contribution in [3.8, 4) is 0 Å². The largest absolute Gasteiger partial charge is 0.366 e. The molecule has 2 rings (SSSR count). The van der Waals surface area contributed by atoms with Gasteiger partial charge in [0.1, 0.15) is 6.10 Å². The summed E-state index contributed by atoms with van der Waals surface area (Å²) in [4.78, 5) is 25.4. The summed E-state index contributed by atoms with van der Waals surface area (Å²) in [5, 5.41) is 3.08. The Hall–Kier alpha value is -1.43. The van der Waals surface area contributed by atoms with E-state index in [1.807, 2.05) is 11.9 Å². The second-order valence-corrected chi connectivity index (χ2v) is 5.27. The second-order valence-electron chi connectivity index (χ2n) is 4.86. The first-order valence-electron chi connectivity index (χ1n) is 6.39. The van der Waals surface area contributed by atoms with Crippen molar-refractivity contribution in [3.05, 3.63) is 28.8 Å². The molecule has 1 amide bonds. The Balaban J connectivity index is 2.04. The lowest BCUT2D eigenvalue weighted by Gasteiger charge is -2.29. The highest BCUT2D eigenvalue weighted by molar-refractivity contribution is 6.34. The standard InChI is InChI=1S/C14H17ClN2O3/c1-9(18)11-4-3-10(7-12(11)15)16-14(19)13-8-17(2)5-6-20-13/h3-4,7,13H,5-6,8H2,1-2H3,(H,16,19). The zero-order chi connectivity index (χ0) is 14.7. The van der Waals surface area contributed by atoms with Crippen LogP contribution in [0.15, 0.2) is 18.2 Å². The number of hydrogen-bond donors (Lipinski definition) is 1. The topological polar surface area (TPSA) is 58.6 Å². The van der Waals surface area contributed by atoms with Crippen LogP contribution in [0.2, 0.25) is 5.02 Å². The van der Waals surface area contributed by atoms with Gasteiger partial charge in [-0.1, -0.05) is 11.6 Å². The summed E-state index contributed by atoms with van der Waals surface area (Å²) in [5.74, 6) is -0.312. The third-order valence-corrected chi connectivity index (χ3v) is 3.49. The van der Waals surface area contributed by atoms with Crippen molar-refractivity contribution in [3.63, 3.8) is 0 Å². The van der Waals surface area contributed by atoms with Crippen LogP contribution in [-0.2, 0) is 9.53 Å². The monoisotopic (exact) mass is 296 g/mol. The molecule has 0 aromatic heterocycles. The zero-order valence-corrected chi connectivity index (χ0v) is 12.2. The van der Waals surface area contributed by atoms with Crippen LogP contribution in [0.5, 0.6) is 0 Å². The molecule has 1 aliphatic rings. The molecule has 1 fully saturated rings. The van der Waals surface area contributed by atoms with Crippen molar-refractivity contribution >= 4 is 29.0 Å². The maximum atomic E-state index is 12.1. The molecule has 1 unspecified atom stereocenters. The molecule has 1 saturated heterocycles. The Bertz CT molecular complexity index is 533. The van der Waals surface area contributed by atoms with E-state index in [9.17, 15) is 9.59 Å². The van der Waals surface area contributed by atoms with E-state index in [-0.39, 0.29) is 11.7 Å². The van der Waals surface area contributed by atoms with Crippen molar-refractivity contribution in [2.45, 2.75) is 13.0 Å². The second kappa shape index (κ2) is 6.35. The van der Waals surface area contributed by atoms with E-state index in [1.165, 1.54) is 6.92 Å². The number of hydrogen-bond acceptors (Lipinski definition) is 4. The molecule has 0 aliphatic carbocycles. The van der Waals surface area contributed by atoms with Crippen LogP contribution in [-0.4, -0.2) is 49.4 Å². The molecular weight excluding hydrogens is 280 g/mol. The van der Waals surface area contributed by atoms with Crippen LogP contribution >= 0.6 is 11.6 Å². The number of anilines is 1. The number of carbonyl (C=O) groups excluding carboxylic acids is 2.